The minimum Gasteiger partial charge on any atom is -0.368 e. The highest BCUT2D eigenvalue weighted by Crippen LogP contribution is 2.27. The van der Waals surface area contributed by atoms with Crippen molar-refractivity contribution in [1.29, 1.82) is 0 Å². The summed E-state index contributed by atoms with van der Waals surface area (Å²) in [5, 5.41) is 6.62. The molecule has 0 spiro atoms. The average Bonchev–Trinajstić information content (AvgIpc) is 2.70. The van der Waals surface area contributed by atoms with Crippen molar-refractivity contribution in [2.75, 3.05) is 22.1 Å². The molecule has 0 saturated carbocycles. The Kier molecular flexibility index (Phi) is 7.70. The van der Waals surface area contributed by atoms with E-state index in [2.05, 4.69) is 32.5 Å². The van der Waals surface area contributed by atoms with E-state index in [0.29, 0.717) is 28.2 Å². The molecule has 1 amide bonds. The Balaban J connectivity index is 1.60. The number of halogens is 1. The first kappa shape index (κ1) is 22.8. The number of nitrogens with two attached hydrogens (primary N) is 1. The third-order valence-electron chi connectivity index (χ3n) is 4.50. The second-order valence-corrected chi connectivity index (χ2v) is 8.44. The largest absolute Gasteiger partial charge is 0.368 e. The Morgan fingerprint density at radius 2 is 1.94 bits per heavy atom. The summed E-state index contributed by atoms with van der Waals surface area (Å²) in [5.74, 6) is 1.54. The summed E-state index contributed by atoms with van der Waals surface area (Å²) >= 11 is 7.65. The number of para-hydroxylation sites is 1. The Labute approximate surface area is 191 Å². The molecule has 162 valence electrons. The fourth-order valence-corrected chi connectivity index (χ4v) is 4.15. The molecule has 31 heavy (non-hydrogen) atoms. The number of nitrogens with one attached hydrogen (secondary N) is 2. The monoisotopic (exact) mass is 456 g/mol. The number of hydrogen-bond acceptors (Lipinski definition) is 7. The van der Waals surface area contributed by atoms with Gasteiger partial charge in [-0.15, -0.1) is 11.8 Å². The summed E-state index contributed by atoms with van der Waals surface area (Å²) in [6.45, 7) is 5.96. The van der Waals surface area contributed by atoms with Gasteiger partial charge in [-0.1, -0.05) is 42.8 Å². The summed E-state index contributed by atoms with van der Waals surface area (Å²) in [6, 6.07) is 11.8. The molecule has 1 heterocycles. The molecular formula is C22H25ClN6OS. The first-order valence-electron chi connectivity index (χ1n) is 9.85. The van der Waals surface area contributed by atoms with E-state index in [0.717, 1.165) is 28.8 Å². The van der Waals surface area contributed by atoms with Crippen LogP contribution in [0, 0.1) is 13.8 Å². The lowest BCUT2D eigenvalue weighted by Gasteiger charge is -2.12. The fourth-order valence-electron chi connectivity index (χ4n) is 3.11. The van der Waals surface area contributed by atoms with Crippen LogP contribution >= 0.6 is 23.4 Å². The van der Waals surface area contributed by atoms with Crippen LogP contribution in [0.4, 0.5) is 23.3 Å². The van der Waals surface area contributed by atoms with Crippen molar-refractivity contribution in [2.45, 2.75) is 32.9 Å². The number of aryl methyl sites for hydroxylation is 3. The van der Waals surface area contributed by atoms with Crippen LogP contribution in [-0.2, 0) is 17.0 Å². The van der Waals surface area contributed by atoms with E-state index in [1.807, 2.05) is 50.2 Å². The standard InChI is InChI=1S/C22H25ClN6OS/c1-4-15-7-5-6-8-17(15)25-22-27-18(26-21(24)29-22)11-31-12-19(30)28-20-14(3)9-13(2)10-16(20)23/h5-10H,4,11-12H2,1-3H3,(H,28,30)(H3,24,25,26,27,29). The highest BCUT2D eigenvalue weighted by atomic mass is 35.5. The number of carbonyl (C=O) groups excluding carboxylic acids is 1. The smallest absolute Gasteiger partial charge is 0.234 e. The van der Waals surface area contributed by atoms with E-state index >= 15 is 0 Å². The van der Waals surface area contributed by atoms with Crippen molar-refractivity contribution >= 4 is 52.5 Å². The van der Waals surface area contributed by atoms with Gasteiger partial charge in [-0.2, -0.15) is 15.0 Å². The lowest BCUT2D eigenvalue weighted by Crippen LogP contribution is -2.16. The van der Waals surface area contributed by atoms with Gasteiger partial charge < -0.3 is 16.4 Å². The molecule has 0 aliphatic heterocycles. The molecule has 0 radical (unpaired) electrons. The van der Waals surface area contributed by atoms with Crippen LogP contribution in [0.15, 0.2) is 36.4 Å². The minimum absolute atomic E-state index is 0.133. The van der Waals surface area contributed by atoms with E-state index in [9.17, 15) is 4.79 Å². The van der Waals surface area contributed by atoms with E-state index in [4.69, 9.17) is 17.3 Å². The Bertz CT molecular complexity index is 1070. The fraction of sp³-hybridized carbons (Fsp3) is 0.273. The molecule has 0 fully saturated rings. The molecule has 2 aromatic carbocycles. The van der Waals surface area contributed by atoms with Gasteiger partial charge in [0.2, 0.25) is 17.8 Å². The van der Waals surface area contributed by atoms with Crippen molar-refractivity contribution in [3.8, 4) is 0 Å². The summed E-state index contributed by atoms with van der Waals surface area (Å²) in [5.41, 5.74) is 10.6. The number of rotatable bonds is 8. The van der Waals surface area contributed by atoms with Crippen LogP contribution in [0.5, 0.6) is 0 Å². The molecule has 0 aliphatic carbocycles. The normalized spacial score (nSPS) is 10.7. The van der Waals surface area contributed by atoms with Crippen LogP contribution in [0.2, 0.25) is 5.02 Å². The van der Waals surface area contributed by atoms with Gasteiger partial charge in [0.15, 0.2) is 0 Å². The van der Waals surface area contributed by atoms with Crippen molar-refractivity contribution in [2.24, 2.45) is 0 Å². The highest BCUT2D eigenvalue weighted by Gasteiger charge is 2.11. The topological polar surface area (TPSA) is 106 Å². The zero-order valence-corrected chi connectivity index (χ0v) is 19.3. The van der Waals surface area contributed by atoms with Gasteiger partial charge in [0.25, 0.3) is 0 Å². The highest BCUT2D eigenvalue weighted by molar-refractivity contribution is 7.99. The molecule has 0 aliphatic rings. The number of nitrogens with zero attached hydrogens (tertiary/aromatic N) is 3. The SMILES string of the molecule is CCc1ccccc1Nc1nc(N)nc(CSCC(=O)Nc2c(C)cc(C)cc2Cl)n1. The van der Waals surface area contributed by atoms with E-state index in [1.54, 1.807) is 0 Å². The summed E-state index contributed by atoms with van der Waals surface area (Å²) < 4.78 is 0. The van der Waals surface area contributed by atoms with Crippen LogP contribution in [0.3, 0.4) is 0 Å². The molecule has 3 rings (SSSR count). The number of nitrogen functional groups attached to an aromatic ring is 1. The van der Waals surface area contributed by atoms with Gasteiger partial charge in [0.05, 0.1) is 22.2 Å². The van der Waals surface area contributed by atoms with E-state index < -0.39 is 0 Å². The molecule has 3 aromatic rings. The lowest BCUT2D eigenvalue weighted by atomic mass is 10.1. The van der Waals surface area contributed by atoms with Crippen LogP contribution < -0.4 is 16.4 Å². The van der Waals surface area contributed by atoms with E-state index in [-0.39, 0.29) is 17.6 Å². The molecule has 4 N–H and O–H groups in total. The summed E-state index contributed by atoms with van der Waals surface area (Å²) in [6.07, 6.45) is 0.881. The van der Waals surface area contributed by atoms with Gasteiger partial charge in [-0.05, 0) is 49.1 Å². The quantitative estimate of drug-likeness (QED) is 0.442. The van der Waals surface area contributed by atoms with Crippen molar-refractivity contribution in [3.63, 3.8) is 0 Å². The van der Waals surface area contributed by atoms with Gasteiger partial charge in [0, 0.05) is 5.69 Å². The van der Waals surface area contributed by atoms with E-state index in [1.165, 1.54) is 11.8 Å². The number of amides is 1. The Morgan fingerprint density at radius 1 is 1.16 bits per heavy atom. The van der Waals surface area contributed by atoms with Crippen LogP contribution in [0.25, 0.3) is 0 Å². The van der Waals surface area contributed by atoms with Crippen molar-refractivity contribution < 1.29 is 4.79 Å². The molecular weight excluding hydrogens is 432 g/mol. The number of thioether (sulfide) groups is 1. The van der Waals surface area contributed by atoms with Gasteiger partial charge >= 0.3 is 0 Å². The molecule has 0 bridgehead atoms. The van der Waals surface area contributed by atoms with Gasteiger partial charge in [0.1, 0.15) is 5.82 Å². The van der Waals surface area contributed by atoms with Crippen LogP contribution in [-0.4, -0.2) is 26.6 Å². The second-order valence-electron chi connectivity index (χ2n) is 7.05. The van der Waals surface area contributed by atoms with Crippen molar-refractivity contribution in [1.82, 2.24) is 15.0 Å². The minimum atomic E-state index is -0.142. The third kappa shape index (κ3) is 6.32. The van der Waals surface area contributed by atoms with Gasteiger partial charge in [-0.3, -0.25) is 4.79 Å². The van der Waals surface area contributed by atoms with Crippen LogP contribution in [0.1, 0.15) is 29.4 Å². The molecule has 1 aromatic heterocycles. The number of carbonyl (C=O) groups is 1. The molecule has 0 unspecified atom stereocenters. The first-order chi connectivity index (χ1) is 14.9. The number of anilines is 4. The molecule has 0 saturated heterocycles. The predicted octanol–water partition coefficient (Wildman–Crippen LogP) is 4.90. The second kappa shape index (κ2) is 10.5. The first-order valence-corrected chi connectivity index (χ1v) is 11.4. The maximum Gasteiger partial charge on any atom is 0.234 e. The maximum absolute atomic E-state index is 12.4. The number of benzene rings is 2. The average molecular weight is 457 g/mol. The summed E-state index contributed by atoms with van der Waals surface area (Å²) in [7, 11) is 0. The molecule has 9 heteroatoms. The third-order valence-corrected chi connectivity index (χ3v) is 5.73. The number of aromatic nitrogens is 3. The predicted molar refractivity (Wildman–Crippen MR) is 129 cm³/mol. The zero-order valence-electron chi connectivity index (χ0n) is 17.7. The Morgan fingerprint density at radius 3 is 2.68 bits per heavy atom. The maximum atomic E-state index is 12.4. The zero-order chi connectivity index (χ0) is 22.4. The summed E-state index contributed by atoms with van der Waals surface area (Å²) in [4.78, 5) is 25.1. The van der Waals surface area contributed by atoms with Gasteiger partial charge in [-0.25, -0.2) is 0 Å². The lowest BCUT2D eigenvalue weighted by molar-refractivity contribution is -0.113. The molecule has 0 atom stereocenters. The van der Waals surface area contributed by atoms with Crippen molar-refractivity contribution in [3.05, 3.63) is 63.9 Å². The Hall–Kier alpha value is -2.84. The number of hydrogen-bond donors (Lipinski definition) is 3. The molecule has 7 nitrogen and oxygen atoms in total.